The molecule has 0 atom stereocenters. The molecule has 4 heteroatoms. The lowest BCUT2D eigenvalue weighted by Crippen LogP contribution is -2.03. The third-order valence-corrected chi connectivity index (χ3v) is 3.34. The Morgan fingerprint density at radius 3 is 2.00 bits per heavy atom. The fraction of sp³-hybridized carbons (Fsp3) is 0.100. The summed E-state index contributed by atoms with van der Waals surface area (Å²) in [6.07, 6.45) is 4.61. The molecule has 0 radical (unpaired) electrons. The quantitative estimate of drug-likeness (QED) is 0.506. The second-order valence-electron chi connectivity index (χ2n) is 5.20. The molecule has 0 aliphatic heterocycles. The van der Waals surface area contributed by atoms with Crippen LogP contribution in [0.1, 0.15) is 19.4 Å². The predicted octanol–water partition coefficient (Wildman–Crippen LogP) is 4.32. The highest BCUT2D eigenvalue weighted by Gasteiger charge is 2.03. The number of ether oxygens (including phenoxy) is 1. The second kappa shape index (κ2) is 7.92. The van der Waals surface area contributed by atoms with Gasteiger partial charge in [0.05, 0.1) is 0 Å². The van der Waals surface area contributed by atoms with Gasteiger partial charge < -0.3 is 9.84 Å². The molecule has 0 spiro atoms. The zero-order chi connectivity index (χ0) is 17.5. The third kappa shape index (κ3) is 4.68. The van der Waals surface area contributed by atoms with E-state index in [-0.39, 0.29) is 5.57 Å². The normalized spacial score (nSPS) is 11.5. The number of carboxylic acid groups (broad SMARTS) is 1. The minimum atomic E-state index is -0.929. The van der Waals surface area contributed by atoms with E-state index >= 15 is 0 Å². The highest BCUT2D eigenvalue weighted by Crippen LogP contribution is 2.23. The van der Waals surface area contributed by atoms with Gasteiger partial charge in [-0.2, -0.15) is 0 Å². The lowest BCUT2D eigenvalue weighted by atomic mass is 10.0. The summed E-state index contributed by atoms with van der Waals surface area (Å²) in [6, 6.07) is 14.8. The Morgan fingerprint density at radius 2 is 1.50 bits per heavy atom. The van der Waals surface area contributed by atoms with Crippen molar-refractivity contribution in [2.45, 2.75) is 13.8 Å². The molecular formula is C20H18O4. The number of carboxylic acids is 1. The van der Waals surface area contributed by atoms with E-state index in [2.05, 4.69) is 0 Å². The second-order valence-corrected chi connectivity index (χ2v) is 5.20. The van der Waals surface area contributed by atoms with Crippen LogP contribution >= 0.6 is 0 Å². The molecule has 0 amide bonds. The maximum Gasteiger partial charge on any atom is 0.335 e. The van der Waals surface area contributed by atoms with Crippen LogP contribution in [0.4, 0.5) is 0 Å². The molecule has 24 heavy (non-hydrogen) atoms. The average molecular weight is 322 g/mol. The van der Waals surface area contributed by atoms with Gasteiger partial charge in [0.2, 0.25) is 0 Å². The van der Waals surface area contributed by atoms with Crippen LogP contribution in [0.5, 0.6) is 5.75 Å². The van der Waals surface area contributed by atoms with Gasteiger partial charge in [-0.05, 0) is 48.7 Å². The van der Waals surface area contributed by atoms with Crippen molar-refractivity contribution in [2.75, 3.05) is 0 Å². The Hall–Kier alpha value is -3.14. The number of carbonyl (C=O) groups is 2. The molecular weight excluding hydrogens is 304 g/mol. The predicted molar refractivity (Wildman–Crippen MR) is 93.6 cm³/mol. The maximum atomic E-state index is 11.4. The summed E-state index contributed by atoms with van der Waals surface area (Å²) >= 11 is 0. The van der Waals surface area contributed by atoms with E-state index < -0.39 is 11.9 Å². The summed E-state index contributed by atoms with van der Waals surface area (Å²) in [7, 11) is 0. The monoisotopic (exact) mass is 322 g/mol. The molecule has 0 unspecified atom stereocenters. The molecule has 2 aromatic carbocycles. The highest BCUT2D eigenvalue weighted by molar-refractivity contribution is 5.91. The number of aliphatic carboxylic acids is 1. The standard InChI is InChI=1S/C20H18O4/c1-3-4-19(21)24-18-11-9-17(10-12-18)16-7-5-15(6-8-16)13-14(2)20(22)23/h3-13H,1-2H3,(H,22,23). The van der Waals surface area contributed by atoms with E-state index in [4.69, 9.17) is 9.84 Å². The van der Waals surface area contributed by atoms with Gasteiger partial charge in [-0.3, -0.25) is 0 Å². The number of hydrogen-bond acceptors (Lipinski definition) is 3. The smallest absolute Gasteiger partial charge is 0.335 e. The topological polar surface area (TPSA) is 63.6 Å². The lowest BCUT2D eigenvalue weighted by Gasteiger charge is -2.05. The molecule has 0 aliphatic carbocycles. The summed E-state index contributed by atoms with van der Waals surface area (Å²) < 4.78 is 5.14. The van der Waals surface area contributed by atoms with Gasteiger partial charge in [-0.25, -0.2) is 9.59 Å². The molecule has 0 saturated carbocycles. The third-order valence-electron chi connectivity index (χ3n) is 3.34. The van der Waals surface area contributed by atoms with Crippen LogP contribution in [0.3, 0.4) is 0 Å². The van der Waals surface area contributed by atoms with E-state index in [1.165, 1.54) is 6.08 Å². The molecule has 122 valence electrons. The van der Waals surface area contributed by atoms with Crippen LogP contribution in [0.2, 0.25) is 0 Å². The van der Waals surface area contributed by atoms with E-state index in [1.54, 1.807) is 38.1 Å². The molecule has 0 aliphatic rings. The van der Waals surface area contributed by atoms with Gasteiger partial charge in [-0.1, -0.05) is 42.5 Å². The SMILES string of the molecule is CC=CC(=O)Oc1ccc(-c2ccc(C=C(C)C(=O)O)cc2)cc1. The number of rotatable bonds is 5. The van der Waals surface area contributed by atoms with Crippen molar-refractivity contribution in [3.8, 4) is 16.9 Å². The zero-order valence-corrected chi connectivity index (χ0v) is 13.5. The van der Waals surface area contributed by atoms with Crippen molar-refractivity contribution in [1.82, 2.24) is 0 Å². The molecule has 0 fully saturated rings. The molecule has 4 nitrogen and oxygen atoms in total. The molecule has 2 aromatic rings. The molecule has 0 aromatic heterocycles. The summed E-state index contributed by atoms with van der Waals surface area (Å²) in [5.74, 6) is -0.851. The van der Waals surface area contributed by atoms with Gasteiger partial charge in [-0.15, -0.1) is 0 Å². The van der Waals surface area contributed by atoms with E-state index in [0.717, 1.165) is 16.7 Å². The minimum Gasteiger partial charge on any atom is -0.478 e. The average Bonchev–Trinajstić information content (AvgIpc) is 2.56. The van der Waals surface area contributed by atoms with Crippen LogP contribution < -0.4 is 4.74 Å². The Balaban J connectivity index is 2.13. The van der Waals surface area contributed by atoms with Crippen LogP contribution in [0.25, 0.3) is 17.2 Å². The highest BCUT2D eigenvalue weighted by atomic mass is 16.5. The molecule has 0 saturated heterocycles. The Kier molecular flexibility index (Phi) is 5.68. The van der Waals surface area contributed by atoms with Crippen LogP contribution in [0.15, 0.2) is 66.3 Å². The van der Waals surface area contributed by atoms with Crippen LogP contribution in [0, 0.1) is 0 Å². The van der Waals surface area contributed by atoms with Crippen molar-refractivity contribution in [3.05, 3.63) is 71.8 Å². The molecule has 0 bridgehead atoms. The molecule has 1 N–H and O–H groups in total. The first-order valence-electron chi connectivity index (χ1n) is 7.46. The van der Waals surface area contributed by atoms with Crippen molar-refractivity contribution in [2.24, 2.45) is 0 Å². The summed E-state index contributed by atoms with van der Waals surface area (Å²) in [5.41, 5.74) is 3.09. The largest absolute Gasteiger partial charge is 0.478 e. The lowest BCUT2D eigenvalue weighted by molar-refractivity contribution is -0.132. The summed E-state index contributed by atoms with van der Waals surface area (Å²) in [6.45, 7) is 3.31. The molecule has 0 heterocycles. The van der Waals surface area contributed by atoms with E-state index in [9.17, 15) is 9.59 Å². The van der Waals surface area contributed by atoms with Gasteiger partial charge in [0.25, 0.3) is 0 Å². The fourth-order valence-corrected chi connectivity index (χ4v) is 2.09. The van der Waals surface area contributed by atoms with Crippen molar-refractivity contribution in [1.29, 1.82) is 0 Å². The Bertz CT molecular complexity index is 781. The first-order chi connectivity index (χ1) is 11.5. The summed E-state index contributed by atoms with van der Waals surface area (Å²) in [5, 5.41) is 8.89. The number of hydrogen-bond donors (Lipinski definition) is 1. The van der Waals surface area contributed by atoms with E-state index in [0.29, 0.717) is 5.75 Å². The Labute approximate surface area is 140 Å². The van der Waals surface area contributed by atoms with Gasteiger partial charge >= 0.3 is 11.9 Å². The van der Waals surface area contributed by atoms with Gasteiger partial charge in [0.15, 0.2) is 0 Å². The minimum absolute atomic E-state index is 0.287. The zero-order valence-electron chi connectivity index (χ0n) is 13.5. The van der Waals surface area contributed by atoms with Crippen molar-refractivity contribution >= 4 is 18.0 Å². The molecule has 2 rings (SSSR count). The van der Waals surface area contributed by atoms with E-state index in [1.807, 2.05) is 36.4 Å². The Morgan fingerprint density at radius 1 is 0.958 bits per heavy atom. The van der Waals surface area contributed by atoms with Crippen LogP contribution in [-0.4, -0.2) is 17.0 Å². The maximum absolute atomic E-state index is 11.4. The number of carbonyl (C=O) groups excluding carboxylic acids is 1. The van der Waals surface area contributed by atoms with Crippen LogP contribution in [-0.2, 0) is 9.59 Å². The van der Waals surface area contributed by atoms with Gasteiger partial charge in [0, 0.05) is 11.6 Å². The number of allylic oxidation sites excluding steroid dienone is 1. The van der Waals surface area contributed by atoms with Crippen molar-refractivity contribution in [3.63, 3.8) is 0 Å². The number of esters is 1. The fourth-order valence-electron chi connectivity index (χ4n) is 2.09. The first-order valence-corrected chi connectivity index (χ1v) is 7.46. The van der Waals surface area contributed by atoms with Gasteiger partial charge in [0.1, 0.15) is 5.75 Å². The summed E-state index contributed by atoms with van der Waals surface area (Å²) in [4.78, 5) is 22.2. The van der Waals surface area contributed by atoms with Crippen molar-refractivity contribution < 1.29 is 19.4 Å². The number of benzene rings is 2. The first kappa shape index (κ1) is 17.2.